The number of thiophene rings is 1. The number of fused-ring (bicyclic) bond motifs is 3. The second-order valence-electron chi connectivity index (χ2n) is 19.3. The lowest BCUT2D eigenvalue weighted by atomic mass is 9.99. The van der Waals surface area contributed by atoms with E-state index in [-0.39, 0.29) is 49.1 Å². The zero-order valence-electron chi connectivity index (χ0n) is 41.3. The number of carbonyl (C=O) groups excluding carboxylic acids is 3. The van der Waals surface area contributed by atoms with Gasteiger partial charge in [-0.1, -0.05) is 61.8 Å². The Labute approximate surface area is 431 Å². The first-order chi connectivity index (χ1) is 34.6. The van der Waals surface area contributed by atoms with E-state index in [2.05, 4.69) is 48.9 Å². The molecule has 8 heterocycles. The number of aliphatic hydroxyl groups excluding tert-OH is 1. The van der Waals surface area contributed by atoms with Crippen molar-refractivity contribution in [3.05, 3.63) is 134 Å². The number of β-amino-alcohol motifs (C(OH)–C–C–N with tert-alkyl or cyclic N) is 1. The Morgan fingerprint density at radius 2 is 1.58 bits per heavy atom. The molecule has 372 valence electrons. The zero-order chi connectivity index (χ0) is 50.5. The molecule has 72 heavy (non-hydrogen) atoms. The van der Waals surface area contributed by atoms with Crippen molar-refractivity contribution in [1.29, 1.82) is 0 Å². The van der Waals surface area contributed by atoms with Crippen molar-refractivity contribution in [3.8, 4) is 26.6 Å². The van der Waals surface area contributed by atoms with Gasteiger partial charge in [0, 0.05) is 83.7 Å². The van der Waals surface area contributed by atoms with Crippen LogP contribution in [0.2, 0.25) is 5.02 Å². The van der Waals surface area contributed by atoms with Crippen LogP contribution in [0.1, 0.15) is 96.2 Å². The summed E-state index contributed by atoms with van der Waals surface area (Å²) in [6.45, 7) is 16.3. The van der Waals surface area contributed by atoms with Gasteiger partial charge in [0.15, 0.2) is 5.82 Å². The van der Waals surface area contributed by atoms with E-state index >= 15 is 0 Å². The van der Waals surface area contributed by atoms with Crippen LogP contribution in [0.25, 0.3) is 26.6 Å². The molecule has 0 unspecified atom stereocenters. The third kappa shape index (κ3) is 9.48. The number of pyridine rings is 1. The van der Waals surface area contributed by atoms with Crippen molar-refractivity contribution in [3.63, 3.8) is 0 Å². The number of benzene rings is 2. The summed E-state index contributed by atoms with van der Waals surface area (Å²) in [4.78, 5) is 64.8. The minimum Gasteiger partial charge on any atom is -0.391 e. The minimum atomic E-state index is -0.831. The smallest absolute Gasteiger partial charge is 0.248 e. The molecule has 3 aliphatic heterocycles. The summed E-state index contributed by atoms with van der Waals surface area (Å²) >= 11 is 9.58. The maximum Gasteiger partial charge on any atom is 0.248 e. The molecule has 2 aromatic carbocycles. The van der Waals surface area contributed by atoms with Gasteiger partial charge >= 0.3 is 0 Å². The van der Waals surface area contributed by atoms with E-state index in [4.69, 9.17) is 21.6 Å². The molecule has 5 atom stereocenters. The fourth-order valence-corrected chi connectivity index (χ4v) is 12.2. The Morgan fingerprint density at radius 3 is 2.26 bits per heavy atom. The topological polar surface area (TPSA) is 180 Å². The summed E-state index contributed by atoms with van der Waals surface area (Å²) < 4.78 is 3.73. The van der Waals surface area contributed by atoms with Gasteiger partial charge in [-0.05, 0) is 81.5 Å². The highest BCUT2D eigenvalue weighted by Crippen LogP contribution is 2.40. The van der Waals surface area contributed by atoms with Crippen molar-refractivity contribution < 1.29 is 19.5 Å². The molecule has 0 radical (unpaired) electrons. The molecular formula is C53H57ClN12O4S2. The summed E-state index contributed by atoms with van der Waals surface area (Å²) in [5, 5.41) is 29.2. The molecule has 10 rings (SSSR count). The number of aliphatic hydroxyl groups is 1. The first-order valence-corrected chi connectivity index (χ1v) is 26.4. The lowest BCUT2D eigenvalue weighted by Crippen LogP contribution is -2.49. The highest BCUT2D eigenvalue weighted by atomic mass is 35.5. The highest BCUT2D eigenvalue weighted by Gasteiger charge is 2.43. The first-order valence-electron chi connectivity index (χ1n) is 24.3. The van der Waals surface area contributed by atoms with Crippen LogP contribution >= 0.6 is 34.3 Å². The number of aromatic nitrogens is 7. The lowest BCUT2D eigenvalue weighted by Gasteiger charge is -2.35. The van der Waals surface area contributed by atoms with E-state index in [0.29, 0.717) is 37.0 Å². The second-order valence-corrected chi connectivity index (χ2v) is 21.8. The molecule has 2 fully saturated rings. The Hall–Kier alpha value is -6.60. The van der Waals surface area contributed by atoms with Crippen LogP contribution in [0.15, 0.2) is 89.8 Å². The Bertz CT molecular complexity index is 3170. The molecule has 7 aromatic rings. The SMILES string of the molecule is Cc1ncsc1-c1ccc([C@H](C)NC(=O)[C@@H]2C[C@@H](O)CN2C(=O)[C@H](C(C)C)n2cc(-c3ccc(N4CCN(C(=O)C[C@@H]5N=C(c6ccc(Cl)cc6)c6c(sc(C)c6C)-n6c(C)nnc65)CC4)nc3)cn2)cc1. The van der Waals surface area contributed by atoms with Crippen molar-refractivity contribution in [2.45, 2.75) is 91.6 Å². The van der Waals surface area contributed by atoms with Crippen molar-refractivity contribution in [1.82, 2.24) is 49.6 Å². The predicted molar refractivity (Wildman–Crippen MR) is 281 cm³/mol. The molecule has 3 aliphatic rings. The number of hydrogen-bond donors (Lipinski definition) is 2. The number of aliphatic imine (C=N–C) groups is 1. The summed E-state index contributed by atoms with van der Waals surface area (Å²) in [5.41, 5.74) is 10.3. The van der Waals surface area contributed by atoms with E-state index in [1.54, 1.807) is 39.7 Å². The maximum atomic E-state index is 14.4. The second kappa shape index (κ2) is 20.1. The fourth-order valence-electron chi connectivity index (χ4n) is 10.1. The third-order valence-corrected chi connectivity index (χ3v) is 16.6. The van der Waals surface area contributed by atoms with Gasteiger partial charge in [0.25, 0.3) is 0 Å². The quantitative estimate of drug-likeness (QED) is 0.121. The Kier molecular flexibility index (Phi) is 13.7. The van der Waals surface area contributed by atoms with Gasteiger partial charge in [0.2, 0.25) is 17.7 Å². The monoisotopic (exact) mass is 1020 g/mol. The van der Waals surface area contributed by atoms with Gasteiger partial charge in [0.05, 0.1) is 46.6 Å². The molecule has 0 saturated carbocycles. The first kappa shape index (κ1) is 49.0. The van der Waals surface area contributed by atoms with Gasteiger partial charge in [-0.25, -0.2) is 9.97 Å². The summed E-state index contributed by atoms with van der Waals surface area (Å²) in [6.07, 6.45) is 4.83. The third-order valence-electron chi connectivity index (χ3n) is 14.2. The standard InChI is InChI=1S/C53H57ClN12O4S2/c1-29(2)48(52(70)64-27-41(67)22-43(64)51(69)58-31(4)35-8-10-37(11-9-35)49-32(5)56-28-71-49)65-26-39(25-57-65)38-14-17-44(55-24-38)62-18-20-63(21-19-62)45(68)23-42-50-61-60-34(7)66(50)53-46(30(3)33(6)72-53)47(59-42)36-12-15-40(54)16-13-36/h8-17,24-26,28-29,31,41-43,48,67H,18-23,27H2,1-7H3,(H,58,69)/t31-,41+,42-,43-,48-/m0/s1. The normalized spacial score (nSPS) is 18.7. The number of anilines is 1. The molecule has 5 aromatic heterocycles. The van der Waals surface area contributed by atoms with Crippen LogP contribution in [-0.4, -0.2) is 118 Å². The molecule has 0 bridgehead atoms. The Balaban J connectivity index is 0.777. The van der Waals surface area contributed by atoms with Gasteiger partial charge in [-0.15, -0.1) is 32.9 Å². The maximum absolute atomic E-state index is 14.4. The van der Waals surface area contributed by atoms with Crippen LogP contribution in [-0.2, 0) is 14.4 Å². The molecule has 0 aliphatic carbocycles. The Morgan fingerprint density at radius 1 is 0.861 bits per heavy atom. The average molecular weight is 1030 g/mol. The minimum absolute atomic E-state index is 0.00253. The van der Waals surface area contributed by atoms with Crippen LogP contribution in [0.4, 0.5) is 5.82 Å². The number of halogens is 1. The van der Waals surface area contributed by atoms with Crippen LogP contribution in [0.5, 0.6) is 0 Å². The van der Waals surface area contributed by atoms with Gasteiger partial charge in [0.1, 0.15) is 34.8 Å². The lowest BCUT2D eigenvalue weighted by molar-refractivity contribution is -0.142. The van der Waals surface area contributed by atoms with E-state index in [0.717, 1.165) is 71.9 Å². The number of amides is 3. The number of likely N-dealkylation sites (tertiary alicyclic amines) is 1. The van der Waals surface area contributed by atoms with Crippen LogP contribution in [0, 0.1) is 33.6 Å². The van der Waals surface area contributed by atoms with E-state index in [1.807, 2.05) is 112 Å². The van der Waals surface area contributed by atoms with Crippen LogP contribution < -0.4 is 10.2 Å². The number of carbonyl (C=O) groups is 3. The number of rotatable bonds is 12. The molecule has 2 N–H and O–H groups in total. The van der Waals surface area contributed by atoms with Gasteiger partial charge in [-0.2, -0.15) is 5.10 Å². The largest absolute Gasteiger partial charge is 0.391 e. The number of nitrogens with zero attached hydrogens (tertiary/aromatic N) is 11. The summed E-state index contributed by atoms with van der Waals surface area (Å²) in [6, 6.07) is 17.3. The van der Waals surface area contributed by atoms with E-state index < -0.39 is 24.2 Å². The molecule has 16 nitrogen and oxygen atoms in total. The van der Waals surface area contributed by atoms with Gasteiger partial charge < -0.3 is 25.1 Å². The molecule has 3 amide bonds. The van der Waals surface area contributed by atoms with Crippen molar-refractivity contribution in [2.24, 2.45) is 10.9 Å². The fraction of sp³-hybridized carbons (Fsp3) is 0.377. The number of piperazine rings is 1. The number of aryl methyl sites for hydroxylation is 3. The van der Waals surface area contributed by atoms with Gasteiger partial charge in [-0.3, -0.25) is 28.6 Å². The molecule has 19 heteroatoms. The van der Waals surface area contributed by atoms with E-state index in [1.165, 1.54) is 9.78 Å². The predicted octanol–water partition coefficient (Wildman–Crippen LogP) is 8.27. The van der Waals surface area contributed by atoms with Crippen molar-refractivity contribution in [2.75, 3.05) is 37.6 Å². The number of hydrogen-bond acceptors (Lipinski definition) is 13. The zero-order valence-corrected chi connectivity index (χ0v) is 43.7. The van der Waals surface area contributed by atoms with Crippen molar-refractivity contribution >= 4 is 63.5 Å². The summed E-state index contributed by atoms with van der Waals surface area (Å²) in [7, 11) is 0. The average Bonchev–Trinajstić information content (AvgIpc) is 4.22. The summed E-state index contributed by atoms with van der Waals surface area (Å²) in [5.74, 6) is 1.44. The highest BCUT2D eigenvalue weighted by molar-refractivity contribution is 7.15. The molecule has 0 spiro atoms. The molecular weight excluding hydrogens is 968 g/mol. The van der Waals surface area contributed by atoms with E-state index in [9.17, 15) is 19.5 Å². The number of thiazole rings is 1. The number of nitrogens with one attached hydrogen (secondary N) is 1. The van der Waals surface area contributed by atoms with Crippen LogP contribution in [0.3, 0.4) is 0 Å². The molecule has 2 saturated heterocycles.